The summed E-state index contributed by atoms with van der Waals surface area (Å²) in [6, 6.07) is 0. The van der Waals surface area contributed by atoms with Crippen molar-refractivity contribution < 1.29 is 14.7 Å². The number of rotatable bonds is 6. The predicted octanol–water partition coefficient (Wildman–Crippen LogP) is 4.05. The topological polar surface area (TPSA) is 82.5 Å². The number of carbonyl (C=O) groups is 2. The first-order valence-electron chi connectivity index (χ1n) is 12.0. The summed E-state index contributed by atoms with van der Waals surface area (Å²) in [5.41, 5.74) is 1.02. The summed E-state index contributed by atoms with van der Waals surface area (Å²) in [5, 5.41) is 15.3. The van der Waals surface area contributed by atoms with E-state index < -0.39 is 6.10 Å². The normalized spacial score (nSPS) is 33.2. The molecule has 1 aromatic rings. The zero-order valence-electron chi connectivity index (χ0n) is 19.5. The molecule has 2 saturated carbocycles. The molecule has 0 unspecified atom stereocenters. The highest BCUT2D eigenvalue weighted by molar-refractivity contribution is 7.15. The van der Waals surface area contributed by atoms with Crippen LogP contribution in [0, 0.1) is 29.1 Å². The highest BCUT2D eigenvalue weighted by atomic mass is 32.1. The lowest BCUT2D eigenvalue weighted by atomic mass is 9.53. The summed E-state index contributed by atoms with van der Waals surface area (Å²) in [5.74, 6) is 0.363. The Morgan fingerprint density at radius 2 is 1.97 bits per heavy atom. The van der Waals surface area contributed by atoms with Crippen LogP contribution >= 0.6 is 11.3 Å². The first-order valence-corrected chi connectivity index (χ1v) is 12.8. The standard InChI is InChI=1S/C24H37N3O3S/c1-6-27(7-2)22(30)13(3)16-10-11-24(5)12-17-19(14(4)18(24)20(16)28)25-23(31-17)26-21(29)15-8-9-15/h13-16,18,20,28H,6-12H2,1-5H3,(H,25,26,29)/t13-,14-,16+,18+,20-,24+/m0/s1. The predicted molar refractivity (Wildman–Crippen MR) is 123 cm³/mol. The zero-order valence-corrected chi connectivity index (χ0v) is 20.3. The number of amides is 2. The number of fused-ring (bicyclic) bond motifs is 2. The minimum absolute atomic E-state index is 0.00932. The largest absolute Gasteiger partial charge is 0.392 e. The molecule has 4 rings (SSSR count). The van der Waals surface area contributed by atoms with E-state index in [1.165, 1.54) is 4.88 Å². The molecule has 0 aliphatic heterocycles. The lowest BCUT2D eigenvalue weighted by Gasteiger charge is -2.53. The lowest BCUT2D eigenvalue weighted by molar-refractivity contribution is -0.144. The summed E-state index contributed by atoms with van der Waals surface area (Å²) in [6.45, 7) is 11.9. The van der Waals surface area contributed by atoms with Crippen molar-refractivity contribution in [3.8, 4) is 0 Å². The fourth-order valence-corrected chi connectivity index (χ4v) is 7.43. The van der Waals surface area contributed by atoms with Crippen LogP contribution in [0.3, 0.4) is 0 Å². The fraction of sp³-hybridized carbons (Fsp3) is 0.792. The van der Waals surface area contributed by atoms with Gasteiger partial charge in [0.25, 0.3) is 0 Å². The van der Waals surface area contributed by atoms with E-state index in [1.807, 2.05) is 25.7 Å². The van der Waals surface area contributed by atoms with Crippen molar-refractivity contribution in [3.63, 3.8) is 0 Å². The van der Waals surface area contributed by atoms with Gasteiger partial charge in [0.15, 0.2) is 5.13 Å². The van der Waals surface area contributed by atoms with E-state index in [4.69, 9.17) is 4.98 Å². The van der Waals surface area contributed by atoms with Crippen LogP contribution in [-0.4, -0.2) is 46.0 Å². The molecule has 1 heterocycles. The van der Waals surface area contributed by atoms with Crippen LogP contribution in [0.5, 0.6) is 0 Å². The molecule has 6 atom stereocenters. The number of hydrogen-bond acceptors (Lipinski definition) is 5. The second-order valence-corrected chi connectivity index (χ2v) is 11.3. The number of thiazole rings is 1. The van der Waals surface area contributed by atoms with E-state index in [-0.39, 0.29) is 46.8 Å². The molecule has 0 aromatic carbocycles. The van der Waals surface area contributed by atoms with Gasteiger partial charge >= 0.3 is 0 Å². The minimum Gasteiger partial charge on any atom is -0.392 e. The first kappa shape index (κ1) is 22.7. The van der Waals surface area contributed by atoms with Crippen molar-refractivity contribution >= 4 is 28.3 Å². The second-order valence-electron chi connectivity index (χ2n) is 10.2. The van der Waals surface area contributed by atoms with Gasteiger partial charge in [-0.15, -0.1) is 11.3 Å². The number of nitrogens with one attached hydrogen (secondary N) is 1. The zero-order chi connectivity index (χ0) is 22.5. The van der Waals surface area contributed by atoms with Gasteiger partial charge in [-0.25, -0.2) is 4.98 Å². The van der Waals surface area contributed by atoms with Gasteiger partial charge < -0.3 is 15.3 Å². The van der Waals surface area contributed by atoms with Crippen molar-refractivity contribution in [1.82, 2.24) is 9.88 Å². The number of aliphatic hydroxyl groups is 1. The second kappa shape index (κ2) is 8.47. The van der Waals surface area contributed by atoms with E-state index in [0.29, 0.717) is 18.2 Å². The average Bonchev–Trinajstić information content (AvgIpc) is 3.50. The Labute approximate surface area is 189 Å². The molecule has 7 heteroatoms. The van der Waals surface area contributed by atoms with Gasteiger partial charge in [-0.3, -0.25) is 9.59 Å². The molecule has 0 radical (unpaired) electrons. The Hall–Kier alpha value is -1.47. The SMILES string of the molecule is CCN(CC)C(=O)[C@@H](C)[C@H]1CC[C@]2(C)Cc3sc(NC(=O)C4CC4)nc3[C@@H](C)[C@@H]2[C@H]1O. The maximum atomic E-state index is 13.0. The maximum absolute atomic E-state index is 13.0. The smallest absolute Gasteiger partial charge is 0.229 e. The Morgan fingerprint density at radius 3 is 2.58 bits per heavy atom. The number of carbonyl (C=O) groups excluding carboxylic acids is 2. The first-order chi connectivity index (χ1) is 14.7. The molecule has 1 aromatic heterocycles. The van der Waals surface area contributed by atoms with E-state index in [2.05, 4.69) is 19.2 Å². The molecule has 172 valence electrons. The van der Waals surface area contributed by atoms with Crippen molar-refractivity contribution in [1.29, 1.82) is 0 Å². The molecule has 3 aliphatic carbocycles. The van der Waals surface area contributed by atoms with Crippen LogP contribution in [0.15, 0.2) is 0 Å². The Kier molecular flexibility index (Phi) is 6.21. The quantitative estimate of drug-likeness (QED) is 0.689. The third-order valence-electron chi connectivity index (χ3n) is 8.21. The highest BCUT2D eigenvalue weighted by Gasteiger charge is 2.54. The molecule has 0 bridgehead atoms. The number of anilines is 1. The van der Waals surface area contributed by atoms with Gasteiger partial charge in [0.1, 0.15) is 0 Å². The molecule has 0 saturated heterocycles. The van der Waals surface area contributed by atoms with Crippen LogP contribution < -0.4 is 5.32 Å². The van der Waals surface area contributed by atoms with E-state index in [9.17, 15) is 14.7 Å². The van der Waals surface area contributed by atoms with Crippen LogP contribution in [0.1, 0.15) is 76.8 Å². The molecule has 2 fully saturated rings. The molecule has 0 spiro atoms. The van der Waals surface area contributed by atoms with Gasteiger partial charge in [-0.05, 0) is 63.2 Å². The van der Waals surface area contributed by atoms with Crippen molar-refractivity contribution in [3.05, 3.63) is 10.6 Å². The monoisotopic (exact) mass is 447 g/mol. The van der Waals surface area contributed by atoms with Gasteiger partial charge in [0.05, 0.1) is 11.8 Å². The summed E-state index contributed by atoms with van der Waals surface area (Å²) in [7, 11) is 0. The molecule has 2 N–H and O–H groups in total. The molecule has 2 amide bonds. The van der Waals surface area contributed by atoms with Crippen LogP contribution in [0.4, 0.5) is 5.13 Å². The number of hydrogen-bond donors (Lipinski definition) is 2. The third kappa shape index (κ3) is 4.04. The molecule has 31 heavy (non-hydrogen) atoms. The summed E-state index contributed by atoms with van der Waals surface area (Å²) >= 11 is 1.60. The Morgan fingerprint density at radius 1 is 1.29 bits per heavy atom. The maximum Gasteiger partial charge on any atom is 0.229 e. The van der Waals surface area contributed by atoms with E-state index in [0.717, 1.165) is 37.8 Å². The number of aliphatic hydroxyl groups excluding tert-OH is 1. The van der Waals surface area contributed by atoms with E-state index in [1.54, 1.807) is 11.3 Å². The lowest BCUT2D eigenvalue weighted by Crippen LogP contribution is -2.53. The minimum atomic E-state index is -0.525. The number of nitrogens with zero attached hydrogens (tertiary/aromatic N) is 2. The van der Waals surface area contributed by atoms with Gasteiger partial charge in [0, 0.05) is 35.7 Å². The van der Waals surface area contributed by atoms with Crippen molar-refractivity contribution in [2.24, 2.45) is 29.1 Å². The van der Waals surface area contributed by atoms with Crippen molar-refractivity contribution in [2.75, 3.05) is 18.4 Å². The van der Waals surface area contributed by atoms with Crippen LogP contribution in [0.2, 0.25) is 0 Å². The van der Waals surface area contributed by atoms with E-state index >= 15 is 0 Å². The third-order valence-corrected chi connectivity index (χ3v) is 9.19. The number of aromatic nitrogens is 1. The van der Waals surface area contributed by atoms with Crippen LogP contribution in [0.25, 0.3) is 0 Å². The van der Waals surface area contributed by atoms with Crippen molar-refractivity contribution in [2.45, 2.75) is 78.7 Å². The molecular weight excluding hydrogens is 410 g/mol. The fourth-order valence-electron chi connectivity index (χ4n) is 6.16. The van der Waals surface area contributed by atoms with Gasteiger partial charge in [0.2, 0.25) is 11.8 Å². The van der Waals surface area contributed by atoms with Gasteiger partial charge in [-0.2, -0.15) is 0 Å². The Bertz CT molecular complexity index is 847. The molecular formula is C24H37N3O3S. The summed E-state index contributed by atoms with van der Waals surface area (Å²) in [6.07, 6.45) is 4.19. The highest BCUT2D eigenvalue weighted by Crippen LogP contribution is 2.57. The molecule has 3 aliphatic rings. The van der Waals surface area contributed by atoms with Gasteiger partial charge in [-0.1, -0.05) is 20.8 Å². The van der Waals surface area contributed by atoms with Crippen LogP contribution in [-0.2, 0) is 16.0 Å². The molecule has 6 nitrogen and oxygen atoms in total. The summed E-state index contributed by atoms with van der Waals surface area (Å²) in [4.78, 5) is 33.1. The average molecular weight is 448 g/mol. The Balaban J connectivity index is 1.55. The summed E-state index contributed by atoms with van der Waals surface area (Å²) < 4.78 is 0.